The molecule has 2 N–H and O–H groups in total. The molecule has 2 amide bonds. The van der Waals surface area contributed by atoms with Crippen LogP contribution in [0.3, 0.4) is 0 Å². The van der Waals surface area contributed by atoms with Crippen LogP contribution < -0.4 is 10.6 Å². The Kier molecular flexibility index (Phi) is 7.70. The first-order valence-corrected chi connectivity index (χ1v) is 11.3. The van der Waals surface area contributed by atoms with Crippen molar-refractivity contribution in [2.24, 2.45) is 0 Å². The van der Waals surface area contributed by atoms with Crippen molar-refractivity contribution in [2.75, 3.05) is 5.75 Å². The number of thioether (sulfide) groups is 1. The van der Waals surface area contributed by atoms with Gasteiger partial charge in [0.25, 0.3) is 0 Å². The first-order chi connectivity index (χ1) is 13.5. The topological polar surface area (TPSA) is 103 Å². The van der Waals surface area contributed by atoms with Gasteiger partial charge in [0.1, 0.15) is 6.10 Å². The van der Waals surface area contributed by atoms with Crippen LogP contribution in [0, 0.1) is 0 Å². The van der Waals surface area contributed by atoms with Crippen LogP contribution in [0.4, 0.5) is 9.59 Å². The normalized spacial score (nSPS) is 28.0. The van der Waals surface area contributed by atoms with Gasteiger partial charge in [-0.05, 0) is 38.5 Å². The molecule has 0 aromatic heterocycles. The highest BCUT2D eigenvalue weighted by atomic mass is 32.2. The van der Waals surface area contributed by atoms with Crippen LogP contribution in [0.15, 0.2) is 0 Å². The highest BCUT2D eigenvalue weighted by Crippen LogP contribution is 2.33. The second-order valence-corrected chi connectivity index (χ2v) is 8.94. The Bertz CT molecular complexity index is 569. The highest BCUT2D eigenvalue weighted by molar-refractivity contribution is 8.00. The van der Waals surface area contributed by atoms with Crippen LogP contribution in [-0.2, 0) is 19.0 Å². The first-order valence-electron chi connectivity index (χ1n) is 10.3. The molecule has 1 unspecified atom stereocenters. The fourth-order valence-corrected chi connectivity index (χ4v) is 5.55. The monoisotopic (exact) mass is 414 g/mol. The largest absolute Gasteiger partial charge is 0.511 e. The molecule has 3 fully saturated rings. The third-order valence-electron chi connectivity index (χ3n) is 5.43. The molecule has 1 aliphatic carbocycles. The van der Waals surface area contributed by atoms with Crippen LogP contribution in [0.5, 0.6) is 0 Å². The minimum atomic E-state index is -0.950. The second-order valence-electron chi connectivity index (χ2n) is 7.67. The van der Waals surface area contributed by atoms with E-state index >= 15 is 0 Å². The number of hydrogen-bond donors (Lipinski definition) is 2. The third kappa shape index (κ3) is 6.18. The summed E-state index contributed by atoms with van der Waals surface area (Å²) in [5, 5.41) is 6.27. The van der Waals surface area contributed by atoms with Gasteiger partial charge in [0.05, 0.1) is 12.1 Å². The maximum atomic E-state index is 11.9. The number of carbonyl (C=O) groups excluding carboxylic acids is 3. The number of esters is 1. The molecule has 0 spiro atoms. The Morgan fingerprint density at radius 1 is 1.14 bits per heavy atom. The van der Waals surface area contributed by atoms with E-state index in [-0.39, 0.29) is 36.6 Å². The Labute approximate surface area is 169 Å². The lowest BCUT2D eigenvalue weighted by Crippen LogP contribution is -2.36. The number of amides is 2. The lowest BCUT2D eigenvalue weighted by molar-refractivity contribution is -0.169. The van der Waals surface area contributed by atoms with E-state index in [0.29, 0.717) is 11.7 Å². The number of ether oxygens (including phenoxy) is 3. The minimum Gasteiger partial charge on any atom is -0.431 e. The van der Waals surface area contributed by atoms with Crippen LogP contribution in [0.1, 0.15) is 64.7 Å². The van der Waals surface area contributed by atoms with E-state index in [0.717, 1.165) is 44.3 Å². The smallest absolute Gasteiger partial charge is 0.431 e. The van der Waals surface area contributed by atoms with Crippen molar-refractivity contribution in [1.29, 1.82) is 0 Å². The summed E-state index contributed by atoms with van der Waals surface area (Å²) in [6.07, 6.45) is 6.03. The molecule has 4 atom stereocenters. The van der Waals surface area contributed by atoms with Gasteiger partial charge >= 0.3 is 18.2 Å². The van der Waals surface area contributed by atoms with Crippen molar-refractivity contribution in [3.63, 3.8) is 0 Å². The van der Waals surface area contributed by atoms with Gasteiger partial charge in [-0.3, -0.25) is 4.79 Å². The van der Waals surface area contributed by atoms with Crippen LogP contribution >= 0.6 is 11.8 Å². The average Bonchev–Trinajstić information content (AvgIpc) is 3.18. The molecule has 9 heteroatoms. The molecule has 3 rings (SSSR count). The van der Waals surface area contributed by atoms with Crippen molar-refractivity contribution in [1.82, 2.24) is 10.6 Å². The number of unbranched alkanes of at least 4 members (excludes halogenated alkanes) is 1. The van der Waals surface area contributed by atoms with E-state index in [1.165, 1.54) is 13.3 Å². The summed E-state index contributed by atoms with van der Waals surface area (Å²) in [5.41, 5.74) is 0. The zero-order valence-electron chi connectivity index (χ0n) is 16.3. The summed E-state index contributed by atoms with van der Waals surface area (Å²) >= 11 is 1.86. The molecule has 158 valence electrons. The highest BCUT2D eigenvalue weighted by Gasteiger charge is 2.42. The molecule has 1 saturated carbocycles. The number of fused-ring (bicyclic) bond motifs is 1. The van der Waals surface area contributed by atoms with Gasteiger partial charge in [0.15, 0.2) is 0 Å². The molecule has 3 aliphatic rings. The predicted octanol–water partition coefficient (Wildman–Crippen LogP) is 3.09. The lowest BCUT2D eigenvalue weighted by Gasteiger charge is -2.22. The summed E-state index contributed by atoms with van der Waals surface area (Å²) in [6, 6.07) is 0.326. The third-order valence-corrected chi connectivity index (χ3v) is 6.94. The van der Waals surface area contributed by atoms with Gasteiger partial charge in [-0.25, -0.2) is 9.59 Å². The van der Waals surface area contributed by atoms with E-state index in [4.69, 9.17) is 14.2 Å². The fourth-order valence-electron chi connectivity index (χ4n) is 4.01. The van der Waals surface area contributed by atoms with E-state index in [9.17, 15) is 14.4 Å². The van der Waals surface area contributed by atoms with Crippen LogP contribution in [-0.4, -0.2) is 53.6 Å². The molecule has 0 aromatic rings. The van der Waals surface area contributed by atoms with Gasteiger partial charge in [-0.1, -0.05) is 12.8 Å². The van der Waals surface area contributed by atoms with E-state index in [1.54, 1.807) is 0 Å². The Balaban J connectivity index is 1.24. The predicted molar refractivity (Wildman–Crippen MR) is 104 cm³/mol. The summed E-state index contributed by atoms with van der Waals surface area (Å²) in [7, 11) is 0. The SMILES string of the molecule is CC(OC(=O)CCCC[C@@H]1SC[C@@H]2NC(=O)N[C@@H]21)OC(=O)OC1CCCCC1. The fraction of sp³-hybridized carbons (Fsp3) is 0.842. The molecule has 28 heavy (non-hydrogen) atoms. The van der Waals surface area contributed by atoms with Gasteiger partial charge in [0.2, 0.25) is 6.29 Å². The summed E-state index contributed by atoms with van der Waals surface area (Å²) in [5.74, 6) is 0.549. The number of urea groups is 1. The van der Waals surface area contributed by atoms with Crippen molar-refractivity contribution in [3.05, 3.63) is 0 Å². The van der Waals surface area contributed by atoms with Crippen molar-refractivity contribution < 1.29 is 28.6 Å². The first kappa shape index (κ1) is 21.1. The molecule has 2 aliphatic heterocycles. The molecule has 0 aromatic carbocycles. The second kappa shape index (κ2) is 10.2. The number of carbonyl (C=O) groups is 3. The summed E-state index contributed by atoms with van der Waals surface area (Å²) < 4.78 is 15.4. The number of rotatable bonds is 8. The maximum Gasteiger partial charge on any atom is 0.511 e. The van der Waals surface area contributed by atoms with Gasteiger partial charge in [0, 0.05) is 24.3 Å². The standard InChI is InChI=1S/C19H30N2O6S/c1-12(26-19(24)27-13-7-3-2-4-8-13)25-16(22)10-6-5-9-15-17-14(11-28-15)20-18(23)21-17/h12-15,17H,2-11H2,1H3,(H2,20,21,23)/t12?,14-,15-,17-/m0/s1. The molecule has 0 bridgehead atoms. The zero-order chi connectivity index (χ0) is 19.9. The van der Waals surface area contributed by atoms with E-state index < -0.39 is 12.4 Å². The van der Waals surface area contributed by atoms with Gasteiger partial charge in [-0.2, -0.15) is 11.8 Å². The minimum absolute atomic E-state index is 0.0834. The van der Waals surface area contributed by atoms with Crippen molar-refractivity contribution in [2.45, 2.75) is 94.4 Å². The lowest BCUT2D eigenvalue weighted by atomic mass is 9.98. The zero-order valence-corrected chi connectivity index (χ0v) is 17.1. The molecule has 0 radical (unpaired) electrons. The molecule has 8 nitrogen and oxygen atoms in total. The molecular weight excluding hydrogens is 384 g/mol. The maximum absolute atomic E-state index is 11.9. The van der Waals surface area contributed by atoms with Crippen molar-refractivity contribution in [3.8, 4) is 0 Å². The number of hydrogen-bond acceptors (Lipinski definition) is 7. The summed E-state index contributed by atoms with van der Waals surface area (Å²) in [6.45, 7) is 1.52. The Morgan fingerprint density at radius 3 is 2.71 bits per heavy atom. The van der Waals surface area contributed by atoms with E-state index in [2.05, 4.69) is 10.6 Å². The Morgan fingerprint density at radius 2 is 1.93 bits per heavy atom. The number of nitrogens with one attached hydrogen (secondary N) is 2. The quantitative estimate of drug-likeness (QED) is 0.272. The van der Waals surface area contributed by atoms with Gasteiger partial charge in [-0.15, -0.1) is 0 Å². The van der Waals surface area contributed by atoms with Crippen LogP contribution in [0.2, 0.25) is 0 Å². The molecular formula is C19H30N2O6S. The van der Waals surface area contributed by atoms with E-state index in [1.807, 2.05) is 11.8 Å². The summed E-state index contributed by atoms with van der Waals surface area (Å²) in [4.78, 5) is 35.0. The molecule has 2 saturated heterocycles. The van der Waals surface area contributed by atoms with Gasteiger partial charge < -0.3 is 24.8 Å². The van der Waals surface area contributed by atoms with Crippen molar-refractivity contribution >= 4 is 29.9 Å². The van der Waals surface area contributed by atoms with Crippen LogP contribution in [0.25, 0.3) is 0 Å². The Hall–Kier alpha value is -1.64. The average molecular weight is 415 g/mol. The molecule has 2 heterocycles.